The molecule has 0 fully saturated rings. The van der Waals surface area contributed by atoms with Gasteiger partial charge in [-0.25, -0.2) is 18.4 Å². The summed E-state index contributed by atoms with van der Waals surface area (Å²) in [5.74, 6) is -1.29. The molecule has 6 N–H and O–H groups in total. The highest BCUT2D eigenvalue weighted by Gasteiger charge is 2.21. The molecule has 0 radical (unpaired) electrons. The summed E-state index contributed by atoms with van der Waals surface area (Å²) in [5, 5.41) is 17.2. The third-order valence-corrected chi connectivity index (χ3v) is 4.26. The van der Waals surface area contributed by atoms with Crippen molar-refractivity contribution in [3.05, 3.63) is 47.0 Å². The van der Waals surface area contributed by atoms with E-state index in [0.29, 0.717) is 5.69 Å². The van der Waals surface area contributed by atoms with Crippen LogP contribution in [0.1, 0.15) is 21.5 Å². The summed E-state index contributed by atoms with van der Waals surface area (Å²) in [5.41, 5.74) is 8.21. The van der Waals surface area contributed by atoms with Crippen LogP contribution in [0.15, 0.2) is 35.2 Å². The number of hydrogen-bond acceptors (Lipinski definition) is 5. The van der Waals surface area contributed by atoms with Crippen LogP contribution in [0.2, 0.25) is 0 Å². The minimum absolute atomic E-state index is 0.0195. The van der Waals surface area contributed by atoms with Crippen LogP contribution in [-0.2, 0) is 10.0 Å². The van der Waals surface area contributed by atoms with Crippen molar-refractivity contribution in [2.75, 3.05) is 11.1 Å². The number of carboxylic acids is 1. The van der Waals surface area contributed by atoms with E-state index < -0.39 is 16.0 Å². The number of rotatable bonds is 4. The molecule has 0 saturated heterocycles. The van der Waals surface area contributed by atoms with Crippen LogP contribution in [0.4, 0.5) is 17.1 Å². The molecule has 0 aliphatic carbocycles. The van der Waals surface area contributed by atoms with Crippen molar-refractivity contribution in [3.8, 4) is 0 Å². The van der Waals surface area contributed by atoms with Crippen LogP contribution in [0.3, 0.4) is 0 Å². The summed E-state index contributed by atoms with van der Waals surface area (Å²) < 4.78 is 23.6. The van der Waals surface area contributed by atoms with E-state index in [0.717, 1.165) is 17.2 Å². The first-order valence-electron chi connectivity index (χ1n) is 6.63. The fraction of sp³-hybridized carbons (Fsp3) is 0.133. The van der Waals surface area contributed by atoms with Crippen molar-refractivity contribution >= 4 is 33.1 Å². The second-order valence-corrected chi connectivity index (χ2v) is 6.76. The zero-order valence-corrected chi connectivity index (χ0v) is 13.4. The molecule has 0 aromatic heterocycles. The Bertz CT molecular complexity index is 892. The summed E-state index contributed by atoms with van der Waals surface area (Å²) in [6.45, 7) is 3.79. The number of carboxylic acid groups (broad SMARTS) is 1. The fourth-order valence-electron chi connectivity index (χ4n) is 2.21. The van der Waals surface area contributed by atoms with E-state index in [4.69, 9.17) is 16.0 Å². The molecule has 0 unspecified atom stereocenters. The molecule has 2 aromatic rings. The third kappa shape index (κ3) is 3.61. The van der Waals surface area contributed by atoms with Crippen molar-refractivity contribution in [2.24, 2.45) is 5.14 Å². The minimum atomic E-state index is -4.16. The van der Waals surface area contributed by atoms with Crippen LogP contribution in [-0.4, -0.2) is 19.5 Å². The molecule has 0 aliphatic rings. The average Bonchev–Trinajstić information content (AvgIpc) is 2.41. The lowest BCUT2D eigenvalue weighted by Gasteiger charge is -2.16. The Labute approximate surface area is 134 Å². The largest absolute Gasteiger partial charge is 0.478 e. The number of aromatic carboxylic acids is 1. The van der Waals surface area contributed by atoms with Crippen LogP contribution in [0.5, 0.6) is 0 Å². The maximum atomic E-state index is 11.8. The second-order valence-electron chi connectivity index (χ2n) is 5.23. The Morgan fingerprint density at radius 3 is 2.35 bits per heavy atom. The van der Waals surface area contributed by atoms with Crippen molar-refractivity contribution in [2.45, 2.75) is 18.7 Å². The lowest BCUT2D eigenvalue weighted by molar-refractivity contribution is 0.0696. The highest BCUT2D eigenvalue weighted by molar-refractivity contribution is 7.89. The molecule has 23 heavy (non-hydrogen) atoms. The van der Waals surface area contributed by atoms with E-state index in [1.54, 1.807) is 6.07 Å². The number of nitrogen functional groups attached to an aromatic ring is 1. The van der Waals surface area contributed by atoms with Crippen LogP contribution < -0.4 is 16.2 Å². The standard InChI is InChI=1S/C15H17N3O4S/c1-8-3-4-12(9(2)5-8)18-14-11(16)6-10(15(19)20)7-13(14)23(17,21)22/h3-7,18H,16H2,1-2H3,(H,19,20)(H2,17,21,22). The number of anilines is 3. The SMILES string of the molecule is Cc1ccc(Nc2c(N)cc(C(=O)O)cc2S(N)(=O)=O)c(C)c1. The molecule has 8 heteroatoms. The van der Waals surface area contributed by atoms with Crippen LogP contribution in [0, 0.1) is 13.8 Å². The fourth-order valence-corrected chi connectivity index (χ4v) is 2.95. The van der Waals surface area contributed by atoms with E-state index in [1.807, 2.05) is 26.0 Å². The zero-order chi connectivity index (χ0) is 17.4. The Kier molecular flexibility index (Phi) is 4.31. The molecular weight excluding hydrogens is 318 g/mol. The number of hydrogen-bond donors (Lipinski definition) is 4. The van der Waals surface area contributed by atoms with E-state index in [-0.39, 0.29) is 21.8 Å². The summed E-state index contributed by atoms with van der Waals surface area (Å²) in [4.78, 5) is 10.7. The normalized spacial score (nSPS) is 11.3. The molecule has 0 heterocycles. The number of benzene rings is 2. The lowest BCUT2D eigenvalue weighted by Crippen LogP contribution is -2.16. The summed E-state index contributed by atoms with van der Waals surface area (Å²) in [7, 11) is -4.16. The van der Waals surface area contributed by atoms with Gasteiger partial charge in [0.25, 0.3) is 0 Å². The van der Waals surface area contributed by atoms with Gasteiger partial charge >= 0.3 is 5.97 Å². The van der Waals surface area contributed by atoms with Crippen molar-refractivity contribution in [3.63, 3.8) is 0 Å². The third-order valence-electron chi connectivity index (χ3n) is 3.33. The van der Waals surface area contributed by atoms with Gasteiger partial charge in [0.05, 0.1) is 16.9 Å². The predicted octanol–water partition coefficient (Wildman–Crippen LogP) is 1.97. The Morgan fingerprint density at radius 2 is 1.83 bits per heavy atom. The smallest absolute Gasteiger partial charge is 0.335 e. The second kappa shape index (κ2) is 5.90. The minimum Gasteiger partial charge on any atom is -0.478 e. The van der Waals surface area contributed by atoms with Gasteiger partial charge in [-0.15, -0.1) is 0 Å². The van der Waals surface area contributed by atoms with Gasteiger partial charge in [-0.3, -0.25) is 0 Å². The quantitative estimate of drug-likeness (QED) is 0.631. The molecule has 0 amide bonds. The molecule has 2 aromatic carbocycles. The van der Waals surface area contributed by atoms with Crippen molar-refractivity contribution in [1.82, 2.24) is 0 Å². The van der Waals surface area contributed by atoms with Gasteiger partial charge in [0.1, 0.15) is 4.90 Å². The first-order valence-corrected chi connectivity index (χ1v) is 8.18. The number of carbonyl (C=O) groups is 1. The maximum Gasteiger partial charge on any atom is 0.335 e. The van der Waals surface area contributed by atoms with E-state index in [1.165, 1.54) is 6.07 Å². The van der Waals surface area contributed by atoms with Crippen molar-refractivity contribution < 1.29 is 18.3 Å². The lowest BCUT2D eigenvalue weighted by atomic mass is 10.1. The Hall–Kier alpha value is -2.58. The monoisotopic (exact) mass is 335 g/mol. The number of nitrogens with one attached hydrogen (secondary N) is 1. The number of primary sulfonamides is 1. The molecule has 0 saturated carbocycles. The first kappa shape index (κ1) is 16.8. The first-order chi connectivity index (χ1) is 10.6. The van der Waals surface area contributed by atoms with E-state index in [9.17, 15) is 13.2 Å². The number of nitrogens with two attached hydrogens (primary N) is 2. The van der Waals surface area contributed by atoms with Crippen LogP contribution in [0.25, 0.3) is 0 Å². The van der Waals surface area contributed by atoms with Gasteiger partial charge in [0.2, 0.25) is 10.0 Å². The molecule has 7 nitrogen and oxygen atoms in total. The highest BCUT2D eigenvalue weighted by Crippen LogP contribution is 2.33. The Balaban J connectivity index is 2.64. The summed E-state index contributed by atoms with van der Waals surface area (Å²) in [6.07, 6.45) is 0. The highest BCUT2D eigenvalue weighted by atomic mass is 32.2. The Morgan fingerprint density at radius 1 is 1.17 bits per heavy atom. The van der Waals surface area contributed by atoms with Gasteiger partial charge in [0.15, 0.2) is 0 Å². The van der Waals surface area contributed by atoms with Gasteiger partial charge in [0, 0.05) is 5.69 Å². The molecule has 0 bridgehead atoms. The molecule has 0 spiro atoms. The molecular formula is C15H17N3O4S. The zero-order valence-electron chi connectivity index (χ0n) is 12.6. The van der Waals surface area contributed by atoms with Gasteiger partial charge < -0.3 is 16.2 Å². The van der Waals surface area contributed by atoms with Gasteiger partial charge in [-0.2, -0.15) is 0 Å². The van der Waals surface area contributed by atoms with E-state index in [2.05, 4.69) is 5.32 Å². The van der Waals surface area contributed by atoms with Gasteiger partial charge in [-0.05, 0) is 37.6 Å². The van der Waals surface area contributed by atoms with Gasteiger partial charge in [-0.1, -0.05) is 17.7 Å². The predicted molar refractivity (Wildman–Crippen MR) is 88.4 cm³/mol. The molecule has 2 rings (SSSR count). The molecule has 0 atom stereocenters. The topological polar surface area (TPSA) is 136 Å². The maximum absolute atomic E-state index is 11.8. The number of aryl methyl sites for hydroxylation is 2. The van der Waals surface area contributed by atoms with Crippen molar-refractivity contribution in [1.29, 1.82) is 0 Å². The molecule has 122 valence electrons. The van der Waals surface area contributed by atoms with Crippen LogP contribution >= 0.6 is 0 Å². The molecule has 0 aliphatic heterocycles. The average molecular weight is 335 g/mol. The summed E-state index contributed by atoms with van der Waals surface area (Å²) >= 11 is 0. The summed E-state index contributed by atoms with van der Waals surface area (Å²) in [6, 6.07) is 7.72. The number of sulfonamides is 1. The van der Waals surface area contributed by atoms with E-state index >= 15 is 0 Å².